The maximum atomic E-state index is 6.00. The Labute approximate surface area is 125 Å². The number of ether oxygens (including phenoxy) is 1. The van der Waals surface area contributed by atoms with Crippen LogP contribution < -0.4 is 15.4 Å². The van der Waals surface area contributed by atoms with Crippen molar-refractivity contribution in [1.82, 2.24) is 4.98 Å². The van der Waals surface area contributed by atoms with Gasteiger partial charge >= 0.3 is 0 Å². The largest absolute Gasteiger partial charge is 0.439 e. The van der Waals surface area contributed by atoms with Gasteiger partial charge in [0.05, 0.1) is 0 Å². The van der Waals surface area contributed by atoms with Crippen LogP contribution >= 0.6 is 0 Å². The van der Waals surface area contributed by atoms with Crippen LogP contribution in [0.25, 0.3) is 0 Å². The number of fused-ring (bicyclic) bond motifs is 1. The van der Waals surface area contributed by atoms with E-state index in [9.17, 15) is 0 Å². The van der Waals surface area contributed by atoms with Crippen molar-refractivity contribution in [2.45, 2.75) is 25.8 Å². The molecule has 0 aliphatic heterocycles. The van der Waals surface area contributed by atoms with Crippen molar-refractivity contribution in [2.75, 3.05) is 19.0 Å². The summed E-state index contributed by atoms with van der Waals surface area (Å²) < 4.78 is 6.00. The fourth-order valence-corrected chi connectivity index (χ4v) is 2.67. The average Bonchev–Trinajstić information content (AvgIpc) is 2.93. The zero-order chi connectivity index (χ0) is 14.8. The molecule has 4 nitrogen and oxygen atoms in total. The second-order valence-corrected chi connectivity index (χ2v) is 5.61. The van der Waals surface area contributed by atoms with Crippen LogP contribution in [0.5, 0.6) is 11.6 Å². The Hall–Kier alpha value is -2.07. The van der Waals surface area contributed by atoms with Gasteiger partial charge in [-0.15, -0.1) is 0 Å². The summed E-state index contributed by atoms with van der Waals surface area (Å²) in [7, 11) is 4.02. The highest BCUT2D eigenvalue weighted by molar-refractivity contribution is 5.50. The minimum absolute atomic E-state index is 0.447. The molecule has 0 atom stereocenters. The van der Waals surface area contributed by atoms with E-state index >= 15 is 0 Å². The normalized spacial score (nSPS) is 13.1. The maximum Gasteiger partial charge on any atom is 0.223 e. The summed E-state index contributed by atoms with van der Waals surface area (Å²) in [5, 5.41) is 0. The molecule has 0 fully saturated rings. The summed E-state index contributed by atoms with van der Waals surface area (Å²) in [5.74, 6) is 1.44. The molecular weight excluding hydrogens is 262 g/mol. The van der Waals surface area contributed by atoms with Crippen molar-refractivity contribution in [3.05, 3.63) is 47.2 Å². The lowest BCUT2D eigenvalue weighted by Gasteiger charge is -2.15. The number of anilines is 1. The van der Waals surface area contributed by atoms with E-state index in [1.54, 1.807) is 0 Å². The first-order valence-electron chi connectivity index (χ1n) is 7.34. The highest BCUT2D eigenvalue weighted by Gasteiger charge is 2.17. The van der Waals surface area contributed by atoms with Crippen LogP contribution in [-0.4, -0.2) is 19.1 Å². The molecule has 0 amide bonds. The predicted molar refractivity (Wildman–Crippen MR) is 85.0 cm³/mol. The molecule has 0 saturated carbocycles. The van der Waals surface area contributed by atoms with E-state index in [1.807, 2.05) is 43.3 Å². The standard InChI is InChI=1S/C17H21N3O/c1-20(2)14-6-4-7-15(10-14)21-17-13(11-18)9-12-5-3-8-16(12)19-17/h4,6-7,9-10H,3,5,8,11,18H2,1-2H3. The number of aromatic nitrogens is 1. The van der Waals surface area contributed by atoms with E-state index in [2.05, 4.69) is 11.1 Å². The molecular formula is C17H21N3O. The molecule has 1 aliphatic rings. The van der Waals surface area contributed by atoms with Gasteiger partial charge in [0.25, 0.3) is 0 Å². The summed E-state index contributed by atoms with van der Waals surface area (Å²) in [5.41, 5.74) is 10.4. The molecule has 110 valence electrons. The van der Waals surface area contributed by atoms with Gasteiger partial charge in [-0.2, -0.15) is 0 Å². The third-order valence-corrected chi connectivity index (χ3v) is 3.86. The maximum absolute atomic E-state index is 6.00. The lowest BCUT2D eigenvalue weighted by Crippen LogP contribution is -2.08. The minimum atomic E-state index is 0.447. The monoisotopic (exact) mass is 283 g/mol. The Bertz CT molecular complexity index is 652. The van der Waals surface area contributed by atoms with Gasteiger partial charge in [0.15, 0.2) is 0 Å². The van der Waals surface area contributed by atoms with Crippen molar-refractivity contribution >= 4 is 5.69 Å². The predicted octanol–water partition coefficient (Wildman–Crippen LogP) is 2.89. The van der Waals surface area contributed by atoms with E-state index in [4.69, 9.17) is 10.5 Å². The van der Waals surface area contributed by atoms with Crippen LogP contribution in [0.3, 0.4) is 0 Å². The second-order valence-electron chi connectivity index (χ2n) is 5.61. The summed E-state index contributed by atoms with van der Waals surface area (Å²) in [6, 6.07) is 10.1. The fraction of sp³-hybridized carbons (Fsp3) is 0.353. The number of pyridine rings is 1. The molecule has 0 radical (unpaired) electrons. The number of benzene rings is 1. The van der Waals surface area contributed by atoms with Gasteiger partial charge in [0.2, 0.25) is 5.88 Å². The lowest BCUT2D eigenvalue weighted by molar-refractivity contribution is 0.454. The Morgan fingerprint density at radius 1 is 1.24 bits per heavy atom. The number of nitrogens with two attached hydrogens (primary N) is 1. The highest BCUT2D eigenvalue weighted by atomic mass is 16.5. The minimum Gasteiger partial charge on any atom is -0.439 e. The van der Waals surface area contributed by atoms with E-state index < -0.39 is 0 Å². The lowest BCUT2D eigenvalue weighted by atomic mass is 10.1. The summed E-state index contributed by atoms with van der Waals surface area (Å²) in [6.45, 7) is 0.447. The van der Waals surface area contributed by atoms with E-state index in [0.29, 0.717) is 12.4 Å². The first-order chi connectivity index (χ1) is 10.2. The summed E-state index contributed by atoms with van der Waals surface area (Å²) >= 11 is 0. The Morgan fingerprint density at radius 3 is 2.86 bits per heavy atom. The third-order valence-electron chi connectivity index (χ3n) is 3.86. The molecule has 1 aliphatic carbocycles. The Balaban J connectivity index is 1.92. The smallest absolute Gasteiger partial charge is 0.223 e. The second kappa shape index (κ2) is 5.74. The molecule has 0 saturated heterocycles. The average molecular weight is 283 g/mol. The molecule has 1 aromatic carbocycles. The van der Waals surface area contributed by atoms with Crippen LogP contribution in [-0.2, 0) is 19.4 Å². The molecule has 2 N–H and O–H groups in total. The van der Waals surface area contributed by atoms with Gasteiger partial charge in [0, 0.05) is 43.7 Å². The number of nitrogens with zero attached hydrogens (tertiary/aromatic N) is 2. The highest BCUT2D eigenvalue weighted by Crippen LogP contribution is 2.30. The molecule has 0 unspecified atom stereocenters. The molecule has 21 heavy (non-hydrogen) atoms. The van der Waals surface area contributed by atoms with Crippen molar-refractivity contribution in [2.24, 2.45) is 5.73 Å². The molecule has 2 aromatic rings. The van der Waals surface area contributed by atoms with Gasteiger partial charge in [-0.25, -0.2) is 4.98 Å². The van der Waals surface area contributed by atoms with E-state index in [0.717, 1.165) is 35.5 Å². The van der Waals surface area contributed by atoms with Gasteiger partial charge < -0.3 is 15.4 Å². The van der Waals surface area contributed by atoms with Crippen molar-refractivity contribution < 1.29 is 4.74 Å². The number of rotatable bonds is 4. The van der Waals surface area contributed by atoms with Crippen LogP contribution in [0.15, 0.2) is 30.3 Å². The van der Waals surface area contributed by atoms with Crippen molar-refractivity contribution in [3.8, 4) is 11.6 Å². The number of aryl methyl sites for hydroxylation is 2. The van der Waals surface area contributed by atoms with Gasteiger partial charge in [-0.3, -0.25) is 0 Å². The number of hydrogen-bond donors (Lipinski definition) is 1. The van der Waals surface area contributed by atoms with Crippen LogP contribution in [0.2, 0.25) is 0 Å². The quantitative estimate of drug-likeness (QED) is 0.937. The summed E-state index contributed by atoms with van der Waals surface area (Å²) in [4.78, 5) is 6.73. The molecule has 3 rings (SSSR count). The van der Waals surface area contributed by atoms with Gasteiger partial charge in [-0.1, -0.05) is 6.07 Å². The van der Waals surface area contributed by atoms with Gasteiger partial charge in [0.1, 0.15) is 5.75 Å². The summed E-state index contributed by atoms with van der Waals surface area (Å²) in [6.07, 6.45) is 3.31. The molecule has 0 spiro atoms. The third kappa shape index (κ3) is 2.85. The molecule has 4 heteroatoms. The number of hydrogen-bond acceptors (Lipinski definition) is 4. The zero-order valence-electron chi connectivity index (χ0n) is 12.6. The van der Waals surface area contributed by atoms with Gasteiger partial charge in [-0.05, 0) is 43.0 Å². The van der Waals surface area contributed by atoms with Crippen molar-refractivity contribution in [1.29, 1.82) is 0 Å². The fourth-order valence-electron chi connectivity index (χ4n) is 2.67. The topological polar surface area (TPSA) is 51.4 Å². The molecule has 1 heterocycles. The zero-order valence-corrected chi connectivity index (χ0v) is 12.6. The van der Waals surface area contributed by atoms with E-state index in [-0.39, 0.29) is 0 Å². The Morgan fingerprint density at radius 2 is 2.10 bits per heavy atom. The van der Waals surface area contributed by atoms with Crippen molar-refractivity contribution in [3.63, 3.8) is 0 Å². The molecule has 0 bridgehead atoms. The first-order valence-corrected chi connectivity index (χ1v) is 7.34. The first kappa shape index (κ1) is 13.9. The van der Waals surface area contributed by atoms with E-state index in [1.165, 1.54) is 12.0 Å². The SMILES string of the molecule is CN(C)c1cccc(Oc2nc3c(cc2CN)CCC3)c1. The molecule has 1 aromatic heterocycles. The van der Waals surface area contributed by atoms with Crippen LogP contribution in [0.4, 0.5) is 5.69 Å². The van der Waals surface area contributed by atoms with Crippen LogP contribution in [0.1, 0.15) is 23.2 Å². The van der Waals surface area contributed by atoms with Crippen LogP contribution in [0, 0.1) is 0 Å². The Kier molecular flexibility index (Phi) is 3.80.